The molecule has 0 aliphatic carbocycles. The van der Waals surface area contributed by atoms with Crippen LogP contribution in [0, 0.1) is 0 Å². The Bertz CT molecular complexity index is 4660. The lowest BCUT2D eigenvalue weighted by Crippen LogP contribution is -2.10. The standard InChI is InChI=1S/C72H46N2O/c1-4-24-60-49(15-1)37-42-67-66-30-14-29-61(72(66)75-71(60)67)53-20-13-21-57(45-53)73(56-40-35-48(36-41-56)51-18-12-22-58(44-51)74-69-31-9-7-27-64(69)65-28-8-10-32-70(65)74)55-38-33-47(34-39-55)50-17-11-19-52(43-50)68-46-54-16-2-3-23-59(54)62-25-5-6-26-63(62)68/h1-46H. The van der Waals surface area contributed by atoms with Crippen LogP contribution < -0.4 is 4.90 Å². The summed E-state index contributed by atoms with van der Waals surface area (Å²) in [5, 5.41) is 12.1. The topological polar surface area (TPSA) is 21.3 Å². The Morgan fingerprint density at radius 2 is 0.773 bits per heavy atom. The van der Waals surface area contributed by atoms with Gasteiger partial charge in [0.05, 0.1) is 11.0 Å². The van der Waals surface area contributed by atoms with Gasteiger partial charge in [-0.15, -0.1) is 0 Å². The zero-order valence-corrected chi connectivity index (χ0v) is 40.9. The Balaban J connectivity index is 0.831. The molecule has 15 aromatic rings. The van der Waals surface area contributed by atoms with Crippen LogP contribution in [0.3, 0.4) is 0 Å². The molecule has 0 fully saturated rings. The summed E-state index contributed by atoms with van der Waals surface area (Å²) in [5.41, 5.74) is 17.7. The lowest BCUT2D eigenvalue weighted by molar-refractivity contribution is 0.674. The van der Waals surface area contributed by atoms with Gasteiger partial charge in [0.2, 0.25) is 0 Å². The van der Waals surface area contributed by atoms with Crippen molar-refractivity contribution in [3.63, 3.8) is 0 Å². The maximum Gasteiger partial charge on any atom is 0.143 e. The van der Waals surface area contributed by atoms with Crippen molar-refractivity contribution in [2.45, 2.75) is 0 Å². The van der Waals surface area contributed by atoms with E-state index in [1.165, 1.54) is 65.4 Å². The van der Waals surface area contributed by atoms with Gasteiger partial charge in [0.15, 0.2) is 0 Å². The molecule has 3 heteroatoms. The number of fused-ring (bicyclic) bond motifs is 11. The second-order valence-corrected chi connectivity index (χ2v) is 19.6. The highest BCUT2D eigenvalue weighted by Gasteiger charge is 2.19. The fourth-order valence-corrected chi connectivity index (χ4v) is 11.8. The average molecular weight is 955 g/mol. The average Bonchev–Trinajstić information content (AvgIpc) is 4.05. The van der Waals surface area contributed by atoms with E-state index >= 15 is 0 Å². The van der Waals surface area contributed by atoms with Crippen molar-refractivity contribution in [3.8, 4) is 50.2 Å². The Morgan fingerprint density at radius 1 is 0.253 bits per heavy atom. The zero-order valence-electron chi connectivity index (χ0n) is 40.9. The third-order valence-electron chi connectivity index (χ3n) is 15.3. The first kappa shape index (κ1) is 42.7. The van der Waals surface area contributed by atoms with Gasteiger partial charge in [0.1, 0.15) is 11.2 Å². The smallest absolute Gasteiger partial charge is 0.143 e. The van der Waals surface area contributed by atoms with Gasteiger partial charge in [0.25, 0.3) is 0 Å². The van der Waals surface area contributed by atoms with Crippen molar-refractivity contribution in [2.24, 2.45) is 0 Å². The zero-order chi connectivity index (χ0) is 49.4. The molecule has 0 N–H and O–H groups in total. The van der Waals surface area contributed by atoms with E-state index in [-0.39, 0.29) is 0 Å². The van der Waals surface area contributed by atoms with E-state index in [2.05, 4.69) is 289 Å². The summed E-state index contributed by atoms with van der Waals surface area (Å²) in [5.74, 6) is 0. The summed E-state index contributed by atoms with van der Waals surface area (Å²) >= 11 is 0. The monoisotopic (exact) mass is 954 g/mol. The van der Waals surface area contributed by atoms with Crippen molar-refractivity contribution in [1.82, 2.24) is 4.57 Å². The van der Waals surface area contributed by atoms with Gasteiger partial charge in [-0.05, 0) is 145 Å². The highest BCUT2D eigenvalue weighted by Crippen LogP contribution is 2.43. The van der Waals surface area contributed by atoms with Crippen LogP contribution in [0.25, 0.3) is 126 Å². The molecule has 0 spiro atoms. The molecule has 0 aliphatic heterocycles. The number of hydrogen-bond donors (Lipinski definition) is 0. The van der Waals surface area contributed by atoms with E-state index in [1.807, 2.05) is 0 Å². The molecular formula is C72H46N2O. The number of para-hydroxylation sites is 3. The summed E-state index contributed by atoms with van der Waals surface area (Å²) < 4.78 is 9.25. The number of rotatable bonds is 8. The molecule has 13 aromatic carbocycles. The van der Waals surface area contributed by atoms with Crippen molar-refractivity contribution >= 4 is 93.1 Å². The van der Waals surface area contributed by atoms with Gasteiger partial charge in [-0.3, -0.25) is 0 Å². The molecular weight excluding hydrogens is 909 g/mol. The van der Waals surface area contributed by atoms with Gasteiger partial charge in [-0.2, -0.15) is 0 Å². The van der Waals surface area contributed by atoms with Gasteiger partial charge in [0, 0.05) is 55.2 Å². The molecule has 0 saturated carbocycles. The van der Waals surface area contributed by atoms with Crippen LogP contribution in [0.5, 0.6) is 0 Å². The summed E-state index contributed by atoms with van der Waals surface area (Å²) in [7, 11) is 0. The molecule has 0 atom stereocenters. The fourth-order valence-electron chi connectivity index (χ4n) is 11.8. The lowest BCUT2D eigenvalue weighted by Gasteiger charge is -2.26. The third kappa shape index (κ3) is 7.12. The second-order valence-electron chi connectivity index (χ2n) is 19.6. The molecule has 3 nitrogen and oxygen atoms in total. The molecule has 0 saturated heterocycles. The number of furan rings is 1. The van der Waals surface area contributed by atoms with Crippen LogP contribution >= 0.6 is 0 Å². The number of hydrogen-bond acceptors (Lipinski definition) is 2. The van der Waals surface area contributed by atoms with Gasteiger partial charge < -0.3 is 13.9 Å². The minimum absolute atomic E-state index is 0.892. The fraction of sp³-hybridized carbons (Fsp3) is 0. The quantitative estimate of drug-likeness (QED) is 0.142. The Hall–Kier alpha value is -9.96. The van der Waals surface area contributed by atoms with Gasteiger partial charge in [-0.1, -0.05) is 200 Å². The maximum absolute atomic E-state index is 6.87. The molecule has 15 rings (SSSR count). The normalized spacial score (nSPS) is 11.7. The number of nitrogens with zero attached hydrogens (tertiary/aromatic N) is 2. The molecule has 0 bridgehead atoms. The van der Waals surface area contributed by atoms with Crippen molar-refractivity contribution in [1.29, 1.82) is 0 Å². The highest BCUT2D eigenvalue weighted by molar-refractivity contribution is 6.18. The van der Waals surface area contributed by atoms with E-state index in [4.69, 9.17) is 4.42 Å². The van der Waals surface area contributed by atoms with Crippen LogP contribution in [-0.2, 0) is 0 Å². The van der Waals surface area contributed by atoms with Gasteiger partial charge >= 0.3 is 0 Å². The summed E-state index contributed by atoms with van der Waals surface area (Å²) in [6.07, 6.45) is 0. The predicted molar refractivity (Wildman–Crippen MR) is 317 cm³/mol. The Labute approximate surface area is 434 Å². The minimum atomic E-state index is 0.892. The molecule has 2 heterocycles. The van der Waals surface area contributed by atoms with Crippen molar-refractivity contribution < 1.29 is 4.42 Å². The van der Waals surface area contributed by atoms with Gasteiger partial charge in [-0.25, -0.2) is 0 Å². The van der Waals surface area contributed by atoms with Crippen molar-refractivity contribution in [3.05, 3.63) is 279 Å². The number of benzene rings is 13. The minimum Gasteiger partial charge on any atom is -0.455 e. The first-order valence-electron chi connectivity index (χ1n) is 25.7. The van der Waals surface area contributed by atoms with Crippen LogP contribution in [-0.4, -0.2) is 4.57 Å². The van der Waals surface area contributed by atoms with E-state index in [1.54, 1.807) is 0 Å². The van der Waals surface area contributed by atoms with Crippen LogP contribution in [0.2, 0.25) is 0 Å². The van der Waals surface area contributed by atoms with Crippen LogP contribution in [0.15, 0.2) is 283 Å². The summed E-state index contributed by atoms with van der Waals surface area (Å²) in [6.45, 7) is 0. The molecule has 75 heavy (non-hydrogen) atoms. The van der Waals surface area contributed by atoms with E-state index in [0.717, 1.165) is 77.9 Å². The first-order chi connectivity index (χ1) is 37.2. The van der Waals surface area contributed by atoms with Crippen LogP contribution in [0.1, 0.15) is 0 Å². The third-order valence-corrected chi connectivity index (χ3v) is 15.3. The van der Waals surface area contributed by atoms with E-state index < -0.39 is 0 Å². The summed E-state index contributed by atoms with van der Waals surface area (Å²) in [6, 6.07) is 101. The predicted octanol–water partition coefficient (Wildman–Crippen LogP) is 20.3. The lowest BCUT2D eigenvalue weighted by atomic mass is 9.92. The largest absolute Gasteiger partial charge is 0.455 e. The Morgan fingerprint density at radius 3 is 1.49 bits per heavy atom. The Kier molecular flexibility index (Phi) is 9.89. The van der Waals surface area contributed by atoms with Crippen LogP contribution in [0.4, 0.5) is 17.1 Å². The van der Waals surface area contributed by atoms with E-state index in [0.29, 0.717) is 0 Å². The summed E-state index contributed by atoms with van der Waals surface area (Å²) in [4.78, 5) is 2.37. The molecule has 0 radical (unpaired) electrons. The second kappa shape index (κ2) is 17.4. The molecule has 350 valence electrons. The SMILES string of the molecule is c1cc(-c2ccc(N(c3ccc(-c4cccc(-n5c6ccccc6c6ccccc65)c4)cc3)c3cccc(-c4cccc5c4oc4c6ccccc6ccc54)c3)cc2)cc(-c2cc3ccccc3c3ccccc23)c1. The van der Waals surface area contributed by atoms with E-state index in [9.17, 15) is 0 Å². The molecule has 0 unspecified atom stereocenters. The van der Waals surface area contributed by atoms with Crippen molar-refractivity contribution in [2.75, 3.05) is 4.90 Å². The number of anilines is 3. The highest BCUT2D eigenvalue weighted by atomic mass is 16.3. The molecule has 0 amide bonds. The molecule has 2 aromatic heterocycles. The first-order valence-corrected chi connectivity index (χ1v) is 25.7. The molecule has 0 aliphatic rings. The number of aromatic nitrogens is 1. The maximum atomic E-state index is 6.87.